The Bertz CT molecular complexity index is 927. The van der Waals surface area contributed by atoms with Crippen LogP contribution in [0, 0.1) is 19.3 Å². The number of carbonyl (C=O) groups is 4. The maximum absolute atomic E-state index is 12.6. The van der Waals surface area contributed by atoms with Crippen LogP contribution in [0.15, 0.2) is 0 Å². The van der Waals surface area contributed by atoms with E-state index in [4.69, 9.17) is 19.0 Å². The van der Waals surface area contributed by atoms with Gasteiger partial charge >= 0.3 is 35.2 Å². The Kier molecular flexibility index (Phi) is 39.1. The van der Waals surface area contributed by atoms with Gasteiger partial charge in [0.1, 0.15) is 17.2 Å². The number of rotatable bonds is 9. The molecule has 0 aromatic carbocycles. The molecule has 0 heterocycles. The number of ketones is 1. The molecule has 0 spiro atoms. The van der Waals surface area contributed by atoms with Gasteiger partial charge < -0.3 is 43.5 Å². The molecule has 302 valence electrons. The van der Waals surface area contributed by atoms with Crippen LogP contribution in [0.2, 0.25) is 0 Å². The van der Waals surface area contributed by atoms with Gasteiger partial charge in [0.2, 0.25) is 0 Å². The molecule has 2 atom stereocenters. The van der Waals surface area contributed by atoms with E-state index in [2.05, 4.69) is 0 Å². The second kappa shape index (κ2) is 31.9. The van der Waals surface area contributed by atoms with Crippen LogP contribution in [0.4, 0.5) is 9.59 Å². The van der Waals surface area contributed by atoms with Crippen molar-refractivity contribution < 1.29 is 55.2 Å². The second-order valence-corrected chi connectivity index (χ2v) is 14.3. The van der Waals surface area contributed by atoms with Crippen molar-refractivity contribution in [2.24, 2.45) is 11.8 Å². The minimum atomic E-state index is -0.585. The third kappa shape index (κ3) is 26.1. The van der Waals surface area contributed by atoms with Crippen molar-refractivity contribution in [3.8, 4) is 0 Å². The van der Waals surface area contributed by atoms with Crippen LogP contribution in [0.5, 0.6) is 0 Å². The van der Waals surface area contributed by atoms with Gasteiger partial charge in [-0.1, -0.05) is 38.5 Å². The van der Waals surface area contributed by atoms with E-state index in [9.17, 15) is 19.2 Å². The second-order valence-electron chi connectivity index (χ2n) is 14.3. The molecule has 11 nitrogen and oxygen atoms in total. The molecule has 0 saturated heterocycles. The average molecular weight is 845 g/mol. The number of amides is 3. The summed E-state index contributed by atoms with van der Waals surface area (Å²) in [6.07, 6.45) is 9.97. The molecule has 0 unspecified atom stereocenters. The number of halogens is 1. The third-order valence-corrected chi connectivity index (χ3v) is 8.05. The van der Waals surface area contributed by atoms with Crippen LogP contribution in [-0.2, 0) is 28.6 Å². The Morgan fingerprint density at radius 1 is 0.667 bits per heavy atom. The molecule has 2 saturated carbocycles. The number of likely N-dealkylation sites (N-methyl/N-ethyl adjacent to an activating group) is 3. The van der Waals surface area contributed by atoms with Crippen molar-refractivity contribution in [1.29, 1.82) is 0 Å². The fraction of sp³-hybridized carbons (Fsp3) is 0.861. The van der Waals surface area contributed by atoms with Gasteiger partial charge in [-0.15, -0.1) is 0 Å². The fourth-order valence-corrected chi connectivity index (χ4v) is 5.88. The molecular weight excluding hydrogens is 771 g/mol. The van der Waals surface area contributed by atoms with E-state index in [1.54, 1.807) is 28.1 Å². The summed E-state index contributed by atoms with van der Waals surface area (Å²) in [5.74, 6) is 0.281. The number of hydroxylamine groups is 2. The zero-order valence-electron chi connectivity index (χ0n) is 34.5. The standard InChI is InChI=1S/C16H30N2O4.C15H27NO3.C4H10O.CH3.BrH.Mg.2H2S/c1-16(2,3)22-15(20)17(4)13(14(19)18(5)21-6)12-10-8-7-9-11-12;1-11(17)13(12-9-7-6-8-10-12)16(5)14(18)19-15(2,3)4;1-3-5-4-2;;;;;/h12-13H,7-11H2,1-6H3;12-13H,6-10H2,1-5H3;3-4H2,1-2H3;1H3;1H;;2*1H2/q;;;-1;;+2;;/p-1/t2*13-;;;;;;/m01....../s1. The minimum Gasteiger partial charge on any atom is -1.00 e. The zero-order valence-corrected chi connectivity index (χ0v) is 39.5. The van der Waals surface area contributed by atoms with Gasteiger partial charge in [-0.05, 0) is 99.8 Å². The monoisotopic (exact) mass is 843 g/mol. The van der Waals surface area contributed by atoms with Crippen LogP contribution in [0.1, 0.15) is 127 Å². The van der Waals surface area contributed by atoms with E-state index >= 15 is 0 Å². The summed E-state index contributed by atoms with van der Waals surface area (Å²) in [5.41, 5.74) is -1.11. The third-order valence-electron chi connectivity index (χ3n) is 8.05. The average Bonchev–Trinajstić information content (AvgIpc) is 2.97. The maximum atomic E-state index is 12.6. The van der Waals surface area contributed by atoms with Crippen molar-refractivity contribution in [3.63, 3.8) is 0 Å². The Morgan fingerprint density at radius 2 is 0.980 bits per heavy atom. The van der Waals surface area contributed by atoms with Crippen molar-refractivity contribution in [2.45, 2.75) is 150 Å². The predicted molar refractivity (Wildman–Crippen MR) is 214 cm³/mol. The van der Waals surface area contributed by atoms with Gasteiger partial charge in [-0.25, -0.2) is 14.7 Å². The molecule has 2 aliphatic carbocycles. The molecule has 15 heteroatoms. The van der Waals surface area contributed by atoms with Crippen molar-refractivity contribution in [2.75, 3.05) is 41.5 Å². The molecule has 0 aliphatic heterocycles. The SMILES string of the molecule is CC(=O)[C@H](C1CCCCC1)N(C)C(=O)OC(C)(C)C.CCOCC.CON(C)C(=O)[C@H](C1CCCCC1)N(C)C(=O)OC(C)(C)C.S.S.[Br-].[CH3-].[Mg+2]. The molecule has 0 aromatic heterocycles. The first kappa shape index (κ1) is 62.5. The molecule has 51 heavy (non-hydrogen) atoms. The number of hydrogen-bond donors (Lipinski definition) is 0. The van der Waals surface area contributed by atoms with Gasteiger partial charge in [-0.3, -0.25) is 19.3 Å². The molecule has 2 aliphatic rings. The largest absolute Gasteiger partial charge is 2.00 e. The van der Waals surface area contributed by atoms with E-state index in [1.165, 1.54) is 34.8 Å². The van der Waals surface area contributed by atoms with E-state index in [1.807, 2.05) is 55.4 Å². The summed E-state index contributed by atoms with van der Waals surface area (Å²) in [7, 11) is 6.33. The molecule has 0 bridgehead atoms. The number of nitrogens with zero attached hydrogens (tertiary/aromatic N) is 3. The molecule has 0 aromatic rings. The van der Waals surface area contributed by atoms with Gasteiger partial charge in [0.15, 0.2) is 5.78 Å². The van der Waals surface area contributed by atoms with Crippen LogP contribution < -0.4 is 17.0 Å². The van der Waals surface area contributed by atoms with Crippen molar-refractivity contribution in [3.05, 3.63) is 7.43 Å². The van der Waals surface area contributed by atoms with Crippen LogP contribution in [-0.4, -0.2) is 127 Å². The predicted octanol–water partition coefficient (Wildman–Crippen LogP) is 4.56. The molecule has 3 amide bonds. The van der Waals surface area contributed by atoms with E-state index in [0.29, 0.717) is 0 Å². The topological polar surface area (TPSA) is 115 Å². The number of ether oxygens (including phenoxy) is 3. The smallest absolute Gasteiger partial charge is 1.00 e. The summed E-state index contributed by atoms with van der Waals surface area (Å²) in [6.45, 7) is 18.2. The number of Topliss-reactive ketones (excluding diaryl/α,β-unsaturated/α-hetero) is 1. The van der Waals surface area contributed by atoms with Crippen LogP contribution in [0.3, 0.4) is 0 Å². The molecule has 0 radical (unpaired) electrons. The Hall–Kier alpha value is -0.454. The number of hydrogen-bond acceptors (Lipinski definition) is 8. The van der Waals surface area contributed by atoms with Gasteiger partial charge in [0.25, 0.3) is 5.91 Å². The first-order valence-electron chi connectivity index (χ1n) is 17.1. The van der Waals surface area contributed by atoms with Crippen LogP contribution >= 0.6 is 27.0 Å². The summed E-state index contributed by atoms with van der Waals surface area (Å²) >= 11 is 0. The molecule has 2 rings (SSSR count). The van der Waals surface area contributed by atoms with Gasteiger partial charge in [0, 0.05) is 34.4 Å². The van der Waals surface area contributed by atoms with Gasteiger partial charge in [0.05, 0.1) is 13.2 Å². The quantitative estimate of drug-likeness (QED) is 0.189. The zero-order chi connectivity index (χ0) is 35.7. The Balaban J connectivity index is -0.000000162. The maximum Gasteiger partial charge on any atom is 2.00 e. The van der Waals surface area contributed by atoms with E-state index in [0.717, 1.165) is 64.6 Å². The molecular formula is C36H74BrMgN3O8S2. The first-order chi connectivity index (χ1) is 21.3. The Labute approximate surface area is 352 Å². The fourth-order valence-electron chi connectivity index (χ4n) is 5.88. The van der Waals surface area contributed by atoms with Crippen molar-refractivity contribution >= 4 is 73.9 Å². The molecule has 0 N–H and O–H groups in total. The summed E-state index contributed by atoms with van der Waals surface area (Å²) in [5, 5.41) is 1.19. The van der Waals surface area contributed by atoms with Crippen molar-refractivity contribution in [1.82, 2.24) is 14.9 Å². The summed E-state index contributed by atoms with van der Waals surface area (Å²) in [6, 6.07) is -0.879. The minimum absolute atomic E-state index is 0. The van der Waals surface area contributed by atoms with Crippen LogP contribution in [0.25, 0.3) is 0 Å². The normalized spacial score (nSPS) is 15.5. The Morgan fingerprint density at radius 3 is 1.24 bits per heavy atom. The summed E-state index contributed by atoms with van der Waals surface area (Å²) in [4.78, 5) is 56.9. The van der Waals surface area contributed by atoms with E-state index in [-0.39, 0.29) is 104 Å². The first-order valence-corrected chi connectivity index (χ1v) is 17.1. The number of carbonyl (C=O) groups excluding carboxylic acids is 4. The van der Waals surface area contributed by atoms with E-state index < -0.39 is 29.4 Å². The summed E-state index contributed by atoms with van der Waals surface area (Å²) < 4.78 is 15.6. The van der Waals surface area contributed by atoms with Gasteiger partial charge in [-0.2, -0.15) is 27.0 Å². The molecule has 2 fully saturated rings.